The zero-order valence-electron chi connectivity index (χ0n) is 18.2. The van der Waals surface area contributed by atoms with Gasteiger partial charge in [-0.2, -0.15) is 4.31 Å². The first-order valence-corrected chi connectivity index (χ1v) is 12.5. The van der Waals surface area contributed by atoms with E-state index in [1.165, 1.54) is 27.4 Å². The number of benzene rings is 1. The highest BCUT2D eigenvalue weighted by atomic mass is 32.2. The van der Waals surface area contributed by atoms with E-state index < -0.39 is 21.7 Å². The van der Waals surface area contributed by atoms with Crippen LogP contribution in [-0.2, 0) is 33.8 Å². The number of ether oxygens (including phenoxy) is 4. The van der Waals surface area contributed by atoms with Gasteiger partial charge in [0, 0.05) is 39.0 Å². The Bertz CT molecular complexity index is 1020. The molecule has 11 nitrogen and oxygen atoms in total. The molecular weight excluding hydrogens is 454 g/mol. The number of hydrogen-bond donors (Lipinski definition) is 0. The van der Waals surface area contributed by atoms with Crippen molar-refractivity contribution in [1.29, 1.82) is 0 Å². The van der Waals surface area contributed by atoms with Gasteiger partial charge in [-0.15, -0.1) is 0 Å². The van der Waals surface area contributed by atoms with E-state index in [9.17, 15) is 18.0 Å². The van der Waals surface area contributed by atoms with Gasteiger partial charge in [0.15, 0.2) is 12.4 Å². The molecule has 0 N–H and O–H groups in total. The Morgan fingerprint density at radius 2 is 1.70 bits per heavy atom. The van der Waals surface area contributed by atoms with Crippen LogP contribution in [0.5, 0.6) is 5.75 Å². The van der Waals surface area contributed by atoms with E-state index >= 15 is 0 Å². The number of sulfonamides is 1. The zero-order chi connectivity index (χ0) is 23.1. The summed E-state index contributed by atoms with van der Waals surface area (Å²) in [5.41, 5.74) is 0.282. The first-order chi connectivity index (χ1) is 15.9. The van der Waals surface area contributed by atoms with Crippen molar-refractivity contribution < 1.29 is 37.0 Å². The largest absolute Gasteiger partial charge is 0.482 e. The molecule has 1 aromatic carbocycles. The van der Waals surface area contributed by atoms with E-state index in [0.29, 0.717) is 58.1 Å². The quantitative estimate of drug-likeness (QED) is 0.581. The number of carbonyl (C=O) groups excluding carboxylic acids is 2. The number of hydrogen-bond acceptors (Lipinski definition) is 8. The van der Waals surface area contributed by atoms with Crippen molar-refractivity contribution in [3.63, 3.8) is 0 Å². The molecule has 1 spiro atoms. The Morgan fingerprint density at radius 3 is 2.39 bits per heavy atom. The van der Waals surface area contributed by atoms with Crippen LogP contribution in [0.3, 0.4) is 0 Å². The second-order valence-corrected chi connectivity index (χ2v) is 10.3. The van der Waals surface area contributed by atoms with E-state index in [-0.39, 0.29) is 42.7 Å². The Labute approximate surface area is 192 Å². The maximum atomic E-state index is 13.1. The summed E-state index contributed by atoms with van der Waals surface area (Å²) < 4.78 is 49.7. The van der Waals surface area contributed by atoms with Crippen LogP contribution in [0.4, 0.5) is 5.69 Å². The highest BCUT2D eigenvalue weighted by Gasteiger charge is 2.41. The summed E-state index contributed by atoms with van der Waals surface area (Å²) in [6.45, 7) is 2.85. The van der Waals surface area contributed by atoms with Crippen LogP contribution in [0.15, 0.2) is 23.1 Å². The van der Waals surface area contributed by atoms with Gasteiger partial charge in [0.25, 0.3) is 5.91 Å². The molecule has 0 atom stereocenters. The average molecular weight is 482 g/mol. The molecule has 33 heavy (non-hydrogen) atoms. The molecule has 0 saturated carbocycles. The molecular formula is C21H27N3O8S. The molecule has 5 rings (SSSR count). The van der Waals surface area contributed by atoms with Crippen molar-refractivity contribution >= 4 is 27.5 Å². The Hall–Kier alpha value is -2.25. The van der Waals surface area contributed by atoms with Gasteiger partial charge >= 0.3 is 0 Å². The first kappa shape index (κ1) is 22.5. The standard InChI is InChI=1S/C21H27N3O8S/c25-19(22-5-3-21(4-6-22)31-11-12-32-21)14-24-17-13-16(1-2-18(17)30-15-20(24)26)33(27,28)23-7-9-29-10-8-23/h1-2,13H,3-12,14-15H2. The summed E-state index contributed by atoms with van der Waals surface area (Å²) in [6, 6.07) is 4.41. The Morgan fingerprint density at radius 1 is 1.00 bits per heavy atom. The van der Waals surface area contributed by atoms with Gasteiger partial charge in [0.2, 0.25) is 15.9 Å². The zero-order valence-corrected chi connectivity index (χ0v) is 19.0. The highest BCUT2D eigenvalue weighted by Crippen LogP contribution is 2.36. The van der Waals surface area contributed by atoms with Gasteiger partial charge < -0.3 is 23.8 Å². The van der Waals surface area contributed by atoms with Crippen LogP contribution in [-0.4, -0.2) is 101 Å². The summed E-state index contributed by atoms with van der Waals surface area (Å²) in [4.78, 5) is 28.7. The molecule has 4 aliphatic rings. The van der Waals surface area contributed by atoms with Crippen LogP contribution in [0.1, 0.15) is 12.8 Å². The number of anilines is 1. The molecule has 4 aliphatic heterocycles. The van der Waals surface area contributed by atoms with Crippen LogP contribution in [0, 0.1) is 0 Å². The molecule has 0 unspecified atom stereocenters. The fraction of sp³-hybridized carbons (Fsp3) is 0.619. The van der Waals surface area contributed by atoms with Crippen LogP contribution in [0.2, 0.25) is 0 Å². The minimum atomic E-state index is -3.76. The van der Waals surface area contributed by atoms with E-state index in [0.717, 1.165) is 0 Å². The van der Waals surface area contributed by atoms with Crippen molar-refractivity contribution in [3.8, 4) is 5.75 Å². The van der Waals surface area contributed by atoms with Crippen molar-refractivity contribution in [1.82, 2.24) is 9.21 Å². The maximum absolute atomic E-state index is 13.1. The second kappa shape index (κ2) is 8.84. The van der Waals surface area contributed by atoms with E-state index in [1.807, 2.05) is 0 Å². The number of amides is 2. The summed E-state index contributed by atoms with van der Waals surface area (Å²) in [6.07, 6.45) is 1.16. The normalized spacial score (nSPS) is 23.5. The molecule has 0 bridgehead atoms. The average Bonchev–Trinajstić information content (AvgIpc) is 3.29. The third kappa shape index (κ3) is 4.33. The van der Waals surface area contributed by atoms with Gasteiger partial charge in [-0.3, -0.25) is 14.5 Å². The number of morpholine rings is 1. The van der Waals surface area contributed by atoms with Crippen LogP contribution >= 0.6 is 0 Å². The van der Waals surface area contributed by atoms with Crippen molar-refractivity contribution in [2.45, 2.75) is 23.5 Å². The van der Waals surface area contributed by atoms with Crippen molar-refractivity contribution in [3.05, 3.63) is 18.2 Å². The van der Waals surface area contributed by atoms with E-state index in [2.05, 4.69) is 0 Å². The number of nitrogens with zero attached hydrogens (tertiary/aromatic N) is 3. The number of carbonyl (C=O) groups is 2. The molecule has 2 amide bonds. The molecule has 4 heterocycles. The van der Waals surface area contributed by atoms with Gasteiger partial charge in [-0.1, -0.05) is 0 Å². The third-order valence-electron chi connectivity index (χ3n) is 6.47. The fourth-order valence-electron chi connectivity index (χ4n) is 4.57. The van der Waals surface area contributed by atoms with Gasteiger partial charge in [0.1, 0.15) is 12.3 Å². The lowest BCUT2D eigenvalue weighted by Crippen LogP contribution is -2.51. The monoisotopic (exact) mass is 481 g/mol. The first-order valence-electron chi connectivity index (χ1n) is 11.1. The lowest BCUT2D eigenvalue weighted by molar-refractivity contribution is -0.187. The van der Waals surface area contributed by atoms with Gasteiger partial charge in [0.05, 0.1) is 37.0 Å². The lowest BCUT2D eigenvalue weighted by atomic mass is 10.0. The molecule has 12 heteroatoms. The van der Waals surface area contributed by atoms with Crippen molar-refractivity contribution in [2.24, 2.45) is 0 Å². The number of rotatable bonds is 4. The predicted molar refractivity (Wildman–Crippen MR) is 114 cm³/mol. The molecule has 0 radical (unpaired) electrons. The summed E-state index contributed by atoms with van der Waals surface area (Å²) in [7, 11) is -3.76. The number of likely N-dealkylation sites (tertiary alicyclic amines) is 1. The molecule has 180 valence electrons. The minimum absolute atomic E-state index is 0.0503. The molecule has 3 saturated heterocycles. The summed E-state index contributed by atoms with van der Waals surface area (Å²) in [5.74, 6) is -0.840. The van der Waals surface area contributed by atoms with Crippen LogP contribution in [0.25, 0.3) is 0 Å². The Kier molecular flexibility index (Phi) is 6.04. The fourth-order valence-corrected chi connectivity index (χ4v) is 6.00. The van der Waals surface area contributed by atoms with Gasteiger partial charge in [-0.05, 0) is 18.2 Å². The minimum Gasteiger partial charge on any atom is -0.482 e. The third-order valence-corrected chi connectivity index (χ3v) is 8.36. The molecule has 1 aromatic rings. The predicted octanol–water partition coefficient (Wildman–Crippen LogP) is -0.202. The topological polar surface area (TPSA) is 115 Å². The second-order valence-electron chi connectivity index (χ2n) is 8.40. The van der Waals surface area contributed by atoms with Crippen molar-refractivity contribution in [2.75, 3.05) is 70.7 Å². The highest BCUT2D eigenvalue weighted by molar-refractivity contribution is 7.89. The van der Waals surface area contributed by atoms with E-state index in [1.54, 1.807) is 4.90 Å². The number of fused-ring (bicyclic) bond motifs is 1. The molecule has 0 aliphatic carbocycles. The summed E-state index contributed by atoms with van der Waals surface area (Å²) in [5, 5.41) is 0. The molecule has 0 aromatic heterocycles. The molecule has 3 fully saturated rings. The SMILES string of the molecule is O=C(CN1C(=O)COc2ccc(S(=O)(=O)N3CCOCC3)cc21)N1CCC2(CC1)OCCO2. The van der Waals surface area contributed by atoms with Crippen LogP contribution < -0.4 is 9.64 Å². The van der Waals surface area contributed by atoms with E-state index in [4.69, 9.17) is 18.9 Å². The summed E-state index contributed by atoms with van der Waals surface area (Å²) >= 11 is 0. The number of piperidine rings is 1. The smallest absolute Gasteiger partial charge is 0.265 e. The lowest BCUT2D eigenvalue weighted by Gasteiger charge is -2.38. The maximum Gasteiger partial charge on any atom is 0.265 e. The van der Waals surface area contributed by atoms with Gasteiger partial charge in [-0.25, -0.2) is 8.42 Å². The Balaban J connectivity index is 1.33.